The predicted molar refractivity (Wildman–Crippen MR) is 89.5 cm³/mol. The number of rotatable bonds is 5. The molecular weight excluding hydrogens is 282 g/mol. The molecule has 0 radical (unpaired) electrons. The van der Waals surface area contributed by atoms with Crippen molar-refractivity contribution in [3.8, 4) is 6.07 Å². The Morgan fingerprint density at radius 2 is 1.67 bits per heavy atom. The molecule has 108 valence electrons. The summed E-state index contributed by atoms with van der Waals surface area (Å²) in [7, 11) is 0. The van der Waals surface area contributed by atoms with E-state index in [4.69, 9.17) is 16.9 Å². The quantitative estimate of drug-likeness (QED) is 0.862. The molecule has 0 atom stereocenters. The van der Waals surface area contributed by atoms with Gasteiger partial charge in [0.05, 0.1) is 10.6 Å². The first-order valence-corrected chi connectivity index (χ1v) is 7.37. The smallest absolute Gasteiger partial charge is 0.101 e. The Hall–Kier alpha value is -2.18. The molecule has 0 aliphatic rings. The number of nitrogens with one attached hydrogen (secondary N) is 1. The van der Waals surface area contributed by atoms with Gasteiger partial charge in [-0.1, -0.05) is 11.6 Å². The van der Waals surface area contributed by atoms with E-state index in [0.29, 0.717) is 10.6 Å². The fourth-order valence-electron chi connectivity index (χ4n) is 2.19. The lowest BCUT2D eigenvalue weighted by Gasteiger charge is -2.21. The molecule has 0 aromatic heterocycles. The number of halogens is 1. The highest BCUT2D eigenvalue weighted by Crippen LogP contribution is 2.24. The molecule has 0 spiro atoms. The van der Waals surface area contributed by atoms with Gasteiger partial charge < -0.3 is 10.2 Å². The summed E-state index contributed by atoms with van der Waals surface area (Å²) in [6.45, 7) is 6.28. The molecule has 1 N–H and O–H groups in total. The summed E-state index contributed by atoms with van der Waals surface area (Å²) >= 11 is 6.03. The van der Waals surface area contributed by atoms with Gasteiger partial charge in [-0.15, -0.1) is 0 Å². The lowest BCUT2D eigenvalue weighted by Crippen LogP contribution is -2.21. The Kier molecular flexibility index (Phi) is 5.08. The Morgan fingerprint density at radius 3 is 2.19 bits per heavy atom. The third kappa shape index (κ3) is 3.68. The van der Waals surface area contributed by atoms with Crippen LogP contribution in [0.4, 0.5) is 17.1 Å². The van der Waals surface area contributed by atoms with Gasteiger partial charge in [0.1, 0.15) is 6.07 Å². The molecule has 0 bridgehead atoms. The molecule has 0 heterocycles. The Labute approximate surface area is 130 Å². The van der Waals surface area contributed by atoms with Crippen LogP contribution in [-0.2, 0) is 0 Å². The summed E-state index contributed by atoms with van der Waals surface area (Å²) < 4.78 is 0. The van der Waals surface area contributed by atoms with E-state index >= 15 is 0 Å². The zero-order valence-electron chi connectivity index (χ0n) is 12.2. The van der Waals surface area contributed by atoms with Crippen molar-refractivity contribution >= 4 is 28.7 Å². The molecule has 0 saturated heterocycles. The number of hydrogen-bond acceptors (Lipinski definition) is 3. The second-order valence-corrected chi connectivity index (χ2v) is 5.06. The van der Waals surface area contributed by atoms with Gasteiger partial charge in [-0.2, -0.15) is 5.26 Å². The van der Waals surface area contributed by atoms with Gasteiger partial charge >= 0.3 is 0 Å². The first-order chi connectivity index (χ1) is 10.2. The van der Waals surface area contributed by atoms with Gasteiger partial charge in [0.2, 0.25) is 0 Å². The van der Waals surface area contributed by atoms with E-state index in [0.717, 1.165) is 24.5 Å². The fraction of sp³-hybridized carbons (Fsp3) is 0.235. The van der Waals surface area contributed by atoms with Crippen molar-refractivity contribution in [3.63, 3.8) is 0 Å². The summed E-state index contributed by atoms with van der Waals surface area (Å²) in [5.41, 5.74) is 3.56. The van der Waals surface area contributed by atoms with Gasteiger partial charge in [0, 0.05) is 30.2 Å². The first-order valence-electron chi connectivity index (χ1n) is 6.99. The van der Waals surface area contributed by atoms with Crippen molar-refractivity contribution in [2.24, 2.45) is 0 Å². The van der Waals surface area contributed by atoms with E-state index in [-0.39, 0.29) is 0 Å². The topological polar surface area (TPSA) is 39.1 Å². The third-order valence-electron chi connectivity index (χ3n) is 3.37. The monoisotopic (exact) mass is 299 g/mol. The minimum absolute atomic E-state index is 0.460. The van der Waals surface area contributed by atoms with Crippen LogP contribution in [0.5, 0.6) is 0 Å². The molecule has 4 heteroatoms. The molecule has 0 fully saturated rings. The second kappa shape index (κ2) is 7.01. The van der Waals surface area contributed by atoms with Crippen LogP contribution in [0.2, 0.25) is 5.02 Å². The Morgan fingerprint density at radius 1 is 1.05 bits per heavy atom. The number of nitrogens with zero attached hydrogens (tertiary/aromatic N) is 2. The van der Waals surface area contributed by atoms with Crippen LogP contribution in [-0.4, -0.2) is 13.1 Å². The van der Waals surface area contributed by atoms with Gasteiger partial charge in [-0.25, -0.2) is 0 Å². The largest absolute Gasteiger partial charge is 0.372 e. The van der Waals surface area contributed by atoms with E-state index in [1.807, 2.05) is 18.2 Å². The van der Waals surface area contributed by atoms with Crippen LogP contribution < -0.4 is 10.2 Å². The average molecular weight is 300 g/mol. The molecule has 0 amide bonds. The fourth-order valence-corrected chi connectivity index (χ4v) is 2.42. The maximum absolute atomic E-state index is 8.87. The van der Waals surface area contributed by atoms with E-state index < -0.39 is 0 Å². The molecule has 0 aliphatic heterocycles. The lowest BCUT2D eigenvalue weighted by atomic mass is 10.2. The summed E-state index contributed by atoms with van der Waals surface area (Å²) in [6, 6.07) is 15.7. The van der Waals surface area contributed by atoms with E-state index in [9.17, 15) is 0 Å². The predicted octanol–water partition coefficient (Wildman–Crippen LogP) is 4.80. The van der Waals surface area contributed by atoms with Crippen molar-refractivity contribution in [1.29, 1.82) is 5.26 Å². The molecule has 0 unspecified atom stereocenters. The SMILES string of the molecule is CCN(CC)c1ccc(Nc2ccc(C#N)c(Cl)c2)cc1. The van der Waals surface area contributed by atoms with Crippen LogP contribution >= 0.6 is 11.6 Å². The van der Waals surface area contributed by atoms with Crippen LogP contribution in [0.15, 0.2) is 42.5 Å². The summed E-state index contributed by atoms with van der Waals surface area (Å²) in [5.74, 6) is 0. The number of benzene rings is 2. The molecule has 2 aromatic carbocycles. The highest BCUT2D eigenvalue weighted by molar-refractivity contribution is 6.32. The molecule has 21 heavy (non-hydrogen) atoms. The minimum Gasteiger partial charge on any atom is -0.372 e. The van der Waals surface area contributed by atoms with Crippen LogP contribution in [0.1, 0.15) is 19.4 Å². The number of anilines is 3. The van der Waals surface area contributed by atoms with Gasteiger partial charge in [0.15, 0.2) is 0 Å². The van der Waals surface area contributed by atoms with E-state index in [1.165, 1.54) is 5.69 Å². The van der Waals surface area contributed by atoms with E-state index in [1.54, 1.807) is 12.1 Å². The zero-order valence-corrected chi connectivity index (χ0v) is 13.0. The van der Waals surface area contributed by atoms with Crippen molar-refractivity contribution in [1.82, 2.24) is 0 Å². The standard InChI is InChI=1S/C17H18ClN3/c1-3-21(4-2)16-9-7-14(8-10-16)20-15-6-5-13(12-19)17(18)11-15/h5-11,20H,3-4H2,1-2H3. The Balaban J connectivity index is 2.13. The van der Waals surface area contributed by atoms with Crippen molar-refractivity contribution in [2.45, 2.75) is 13.8 Å². The molecule has 3 nitrogen and oxygen atoms in total. The molecular formula is C17H18ClN3. The second-order valence-electron chi connectivity index (χ2n) is 4.65. The first kappa shape index (κ1) is 15.2. The van der Waals surface area contributed by atoms with Crippen LogP contribution in [0.25, 0.3) is 0 Å². The normalized spacial score (nSPS) is 10.0. The van der Waals surface area contributed by atoms with Crippen LogP contribution in [0.3, 0.4) is 0 Å². The van der Waals surface area contributed by atoms with Crippen molar-refractivity contribution in [3.05, 3.63) is 53.1 Å². The lowest BCUT2D eigenvalue weighted by molar-refractivity contribution is 0.866. The third-order valence-corrected chi connectivity index (χ3v) is 3.69. The zero-order chi connectivity index (χ0) is 15.2. The highest BCUT2D eigenvalue weighted by Gasteiger charge is 2.03. The van der Waals surface area contributed by atoms with Crippen molar-refractivity contribution < 1.29 is 0 Å². The highest BCUT2D eigenvalue weighted by atomic mass is 35.5. The average Bonchev–Trinajstić information content (AvgIpc) is 2.50. The van der Waals surface area contributed by atoms with Gasteiger partial charge in [-0.3, -0.25) is 0 Å². The maximum atomic E-state index is 8.87. The molecule has 2 rings (SSSR count). The van der Waals surface area contributed by atoms with E-state index in [2.05, 4.69) is 42.3 Å². The molecule has 2 aromatic rings. The van der Waals surface area contributed by atoms with Gasteiger partial charge in [0.25, 0.3) is 0 Å². The molecule has 0 aliphatic carbocycles. The summed E-state index contributed by atoms with van der Waals surface area (Å²) in [5, 5.41) is 12.6. The van der Waals surface area contributed by atoms with Crippen LogP contribution in [0, 0.1) is 11.3 Å². The number of nitriles is 1. The maximum Gasteiger partial charge on any atom is 0.101 e. The number of hydrogen-bond donors (Lipinski definition) is 1. The summed E-state index contributed by atoms with van der Waals surface area (Å²) in [4.78, 5) is 2.29. The molecule has 0 saturated carbocycles. The minimum atomic E-state index is 0.460. The Bertz CT molecular complexity index is 640. The van der Waals surface area contributed by atoms with Gasteiger partial charge in [-0.05, 0) is 56.3 Å². The van der Waals surface area contributed by atoms with Crippen molar-refractivity contribution in [2.75, 3.05) is 23.3 Å². The summed E-state index contributed by atoms with van der Waals surface area (Å²) in [6.07, 6.45) is 0.